The number of alkyl halides is 3. The predicted octanol–water partition coefficient (Wildman–Crippen LogP) is 0.654. The Bertz CT molecular complexity index is 468. The van der Waals surface area contributed by atoms with Crippen LogP contribution in [0.3, 0.4) is 0 Å². The molecule has 1 aromatic carbocycles. The summed E-state index contributed by atoms with van der Waals surface area (Å²) in [5, 5.41) is 10.3. The van der Waals surface area contributed by atoms with E-state index in [-0.39, 0.29) is 5.69 Å². The van der Waals surface area contributed by atoms with Gasteiger partial charge in [0.1, 0.15) is 0 Å². The largest absolute Gasteiger partial charge is 0.418 e. The summed E-state index contributed by atoms with van der Waals surface area (Å²) in [7, 11) is 0. The molecule has 0 spiro atoms. The Labute approximate surface area is 100 Å². The first-order chi connectivity index (χ1) is 8.34. The molecule has 0 aliphatic carbocycles. The first-order valence-electron chi connectivity index (χ1n) is 4.62. The van der Waals surface area contributed by atoms with Crippen molar-refractivity contribution in [3.05, 3.63) is 29.8 Å². The Kier molecular flexibility index (Phi) is 4.10. The van der Waals surface area contributed by atoms with Crippen molar-refractivity contribution in [3.8, 4) is 0 Å². The Hall–Kier alpha value is -2.29. The van der Waals surface area contributed by atoms with E-state index in [0.717, 1.165) is 12.1 Å². The minimum atomic E-state index is -4.54. The van der Waals surface area contributed by atoms with E-state index < -0.39 is 23.7 Å². The maximum atomic E-state index is 12.6. The Morgan fingerprint density at radius 2 is 1.89 bits per heavy atom. The van der Waals surface area contributed by atoms with Crippen LogP contribution in [0.4, 0.5) is 18.9 Å². The number of hydrazine groups is 1. The van der Waals surface area contributed by atoms with Gasteiger partial charge >= 0.3 is 6.18 Å². The summed E-state index contributed by atoms with van der Waals surface area (Å²) in [4.78, 5) is 3.48. The highest BCUT2D eigenvalue weighted by Gasteiger charge is 2.33. The van der Waals surface area contributed by atoms with E-state index in [1.165, 1.54) is 12.1 Å². The Morgan fingerprint density at radius 1 is 1.28 bits per heavy atom. The number of aliphatic imine (C=N–C) groups is 1. The van der Waals surface area contributed by atoms with Crippen molar-refractivity contribution in [1.29, 1.82) is 5.41 Å². The predicted molar refractivity (Wildman–Crippen MR) is 59.9 cm³/mol. The fourth-order valence-corrected chi connectivity index (χ4v) is 1.11. The zero-order valence-corrected chi connectivity index (χ0v) is 8.99. The van der Waals surface area contributed by atoms with E-state index in [2.05, 4.69) is 10.3 Å². The molecular weight excluding hydrogens is 249 g/mol. The van der Waals surface area contributed by atoms with Crippen LogP contribution in [-0.4, -0.2) is 11.9 Å². The molecule has 0 atom stereocenters. The SMILES string of the molecule is N=C([N]C(N)=Nc1ccccc1C(F)(F)F)NN. The first-order valence-corrected chi connectivity index (χ1v) is 4.62. The smallest absolute Gasteiger partial charge is 0.368 e. The van der Waals surface area contributed by atoms with Gasteiger partial charge in [-0.25, -0.2) is 10.8 Å². The standard InChI is InChI=1S/C9H10F3N6/c10-9(11,12)5-3-1-2-4-6(5)16-7(13)17-8(14)18-15/h1-4H,15H2,(H2,13,16)(H2,14,18). The molecule has 0 aliphatic rings. The fourth-order valence-electron chi connectivity index (χ4n) is 1.11. The van der Waals surface area contributed by atoms with E-state index in [9.17, 15) is 13.2 Å². The second kappa shape index (κ2) is 5.36. The molecule has 0 saturated carbocycles. The number of hydrogen-bond donors (Lipinski definition) is 4. The molecule has 97 valence electrons. The number of hydrogen-bond acceptors (Lipinski definition) is 3. The highest BCUT2D eigenvalue weighted by Crippen LogP contribution is 2.35. The van der Waals surface area contributed by atoms with Crippen LogP contribution in [0.5, 0.6) is 0 Å². The molecule has 0 unspecified atom stereocenters. The van der Waals surface area contributed by atoms with E-state index in [1.807, 2.05) is 5.43 Å². The van der Waals surface area contributed by atoms with Gasteiger partial charge in [-0.05, 0) is 12.1 Å². The van der Waals surface area contributed by atoms with Gasteiger partial charge in [0.15, 0.2) is 0 Å². The summed E-state index contributed by atoms with van der Waals surface area (Å²) < 4.78 is 37.8. The Balaban J connectivity index is 3.04. The summed E-state index contributed by atoms with van der Waals surface area (Å²) in [6.07, 6.45) is -4.54. The molecule has 0 fully saturated rings. The first kappa shape index (κ1) is 13.8. The molecule has 0 aromatic heterocycles. The molecule has 6 N–H and O–H groups in total. The third-order valence-corrected chi connectivity index (χ3v) is 1.81. The third kappa shape index (κ3) is 3.63. The van der Waals surface area contributed by atoms with Gasteiger partial charge in [0.05, 0.1) is 11.3 Å². The minimum Gasteiger partial charge on any atom is -0.368 e. The lowest BCUT2D eigenvalue weighted by molar-refractivity contribution is -0.137. The van der Waals surface area contributed by atoms with E-state index in [1.54, 1.807) is 0 Å². The highest BCUT2D eigenvalue weighted by atomic mass is 19.4. The van der Waals surface area contributed by atoms with Crippen LogP contribution in [-0.2, 0) is 6.18 Å². The van der Waals surface area contributed by atoms with Gasteiger partial charge < -0.3 is 5.73 Å². The van der Waals surface area contributed by atoms with Gasteiger partial charge in [-0.1, -0.05) is 12.1 Å². The van der Waals surface area contributed by atoms with Gasteiger partial charge in [0, 0.05) is 0 Å². The van der Waals surface area contributed by atoms with Gasteiger partial charge in [-0.15, -0.1) is 0 Å². The molecule has 0 amide bonds. The lowest BCUT2D eigenvalue weighted by Gasteiger charge is -2.09. The molecule has 0 saturated heterocycles. The van der Waals surface area contributed by atoms with E-state index in [0.29, 0.717) is 0 Å². The Morgan fingerprint density at radius 3 is 2.44 bits per heavy atom. The maximum absolute atomic E-state index is 12.6. The molecule has 1 aromatic rings. The lowest BCUT2D eigenvalue weighted by Crippen LogP contribution is -2.41. The van der Waals surface area contributed by atoms with Gasteiger partial charge in [-0.2, -0.15) is 18.5 Å². The average Bonchev–Trinajstić information content (AvgIpc) is 2.27. The topological polar surface area (TPSA) is 114 Å². The van der Waals surface area contributed by atoms with Crippen LogP contribution in [0.2, 0.25) is 0 Å². The summed E-state index contributed by atoms with van der Waals surface area (Å²) in [5.41, 5.74) is 5.82. The van der Waals surface area contributed by atoms with Crippen LogP contribution in [0.1, 0.15) is 5.56 Å². The maximum Gasteiger partial charge on any atom is 0.418 e. The fraction of sp³-hybridized carbons (Fsp3) is 0.111. The molecule has 0 aliphatic heterocycles. The highest BCUT2D eigenvalue weighted by molar-refractivity contribution is 5.96. The van der Waals surface area contributed by atoms with E-state index >= 15 is 0 Å². The molecule has 1 rings (SSSR count). The number of nitrogens with zero attached hydrogens (tertiary/aromatic N) is 2. The number of para-hydroxylation sites is 1. The molecular formula is C9H10F3N6. The number of guanidine groups is 2. The quantitative estimate of drug-likeness (QED) is 0.257. The van der Waals surface area contributed by atoms with Crippen molar-refractivity contribution in [1.82, 2.24) is 10.7 Å². The summed E-state index contributed by atoms with van der Waals surface area (Å²) in [6, 6.07) is 4.63. The zero-order valence-electron chi connectivity index (χ0n) is 8.99. The number of nitrogens with two attached hydrogens (primary N) is 2. The third-order valence-electron chi connectivity index (χ3n) is 1.81. The second-order valence-electron chi connectivity index (χ2n) is 3.09. The number of benzene rings is 1. The van der Waals surface area contributed by atoms with Crippen LogP contribution in [0.15, 0.2) is 29.3 Å². The summed E-state index contributed by atoms with van der Waals surface area (Å²) in [5.74, 6) is 3.84. The normalized spacial score (nSPS) is 12.1. The average molecular weight is 259 g/mol. The van der Waals surface area contributed by atoms with Crippen molar-refractivity contribution in [2.75, 3.05) is 0 Å². The van der Waals surface area contributed by atoms with Crippen LogP contribution >= 0.6 is 0 Å². The van der Waals surface area contributed by atoms with E-state index in [4.69, 9.17) is 17.0 Å². The summed E-state index contributed by atoms with van der Waals surface area (Å²) in [6.45, 7) is 0. The van der Waals surface area contributed by atoms with Crippen molar-refractivity contribution in [2.24, 2.45) is 16.6 Å². The second-order valence-corrected chi connectivity index (χ2v) is 3.09. The monoisotopic (exact) mass is 259 g/mol. The number of halogens is 3. The van der Waals surface area contributed by atoms with Crippen molar-refractivity contribution in [2.45, 2.75) is 6.18 Å². The summed E-state index contributed by atoms with van der Waals surface area (Å²) >= 11 is 0. The van der Waals surface area contributed by atoms with Gasteiger partial charge in [0.2, 0.25) is 11.9 Å². The zero-order chi connectivity index (χ0) is 13.8. The van der Waals surface area contributed by atoms with Crippen LogP contribution < -0.4 is 22.3 Å². The molecule has 1 radical (unpaired) electrons. The van der Waals surface area contributed by atoms with Crippen LogP contribution in [0, 0.1) is 5.41 Å². The lowest BCUT2D eigenvalue weighted by atomic mass is 10.2. The van der Waals surface area contributed by atoms with Gasteiger partial charge in [-0.3, -0.25) is 10.8 Å². The molecule has 0 heterocycles. The van der Waals surface area contributed by atoms with Gasteiger partial charge in [0.25, 0.3) is 0 Å². The molecule has 18 heavy (non-hydrogen) atoms. The van der Waals surface area contributed by atoms with Crippen molar-refractivity contribution in [3.63, 3.8) is 0 Å². The van der Waals surface area contributed by atoms with Crippen molar-refractivity contribution < 1.29 is 13.2 Å². The molecule has 0 bridgehead atoms. The molecule has 9 heteroatoms. The number of rotatable bonds is 1. The number of nitrogens with one attached hydrogen (secondary N) is 2. The minimum absolute atomic E-state index is 0.379. The molecule has 6 nitrogen and oxygen atoms in total. The van der Waals surface area contributed by atoms with Crippen LogP contribution in [0.25, 0.3) is 0 Å². The van der Waals surface area contributed by atoms with Crippen molar-refractivity contribution >= 4 is 17.6 Å².